The molecule has 0 saturated carbocycles. The van der Waals surface area contributed by atoms with Gasteiger partial charge in [0, 0.05) is 24.1 Å². The van der Waals surface area contributed by atoms with Crippen LogP contribution < -0.4 is 5.73 Å². The molecule has 0 fully saturated rings. The van der Waals surface area contributed by atoms with Crippen molar-refractivity contribution in [3.8, 4) is 0 Å². The van der Waals surface area contributed by atoms with Crippen LogP contribution in [0.1, 0.15) is 23.8 Å². The van der Waals surface area contributed by atoms with Crippen LogP contribution in [0, 0.1) is 6.92 Å². The third-order valence-electron chi connectivity index (χ3n) is 2.30. The molecule has 0 saturated heterocycles. The van der Waals surface area contributed by atoms with Crippen molar-refractivity contribution in [1.29, 1.82) is 0 Å². The second-order valence-electron chi connectivity index (χ2n) is 3.55. The number of nitrogens with two attached hydrogens (primary N) is 1. The summed E-state index contributed by atoms with van der Waals surface area (Å²) in [6.07, 6.45) is 0.862. The highest BCUT2D eigenvalue weighted by atomic mass is 32.1. The second-order valence-corrected chi connectivity index (χ2v) is 4.67. The number of thiophene rings is 1. The molecular formula is C10H17NOS. The van der Waals surface area contributed by atoms with Crippen molar-refractivity contribution in [3.63, 3.8) is 0 Å². The van der Waals surface area contributed by atoms with Crippen LogP contribution in [0.15, 0.2) is 11.4 Å². The van der Waals surface area contributed by atoms with Crippen molar-refractivity contribution in [1.82, 2.24) is 0 Å². The summed E-state index contributed by atoms with van der Waals surface area (Å²) in [5.74, 6) is 0. The van der Waals surface area contributed by atoms with Crippen LogP contribution in [0.3, 0.4) is 0 Å². The predicted octanol–water partition coefficient (Wildman–Crippen LogP) is 2.27. The number of aryl methyl sites for hydroxylation is 1. The lowest BCUT2D eigenvalue weighted by Gasteiger charge is -2.24. The Labute approximate surface area is 83.7 Å². The zero-order valence-electron chi connectivity index (χ0n) is 8.46. The molecule has 0 aromatic carbocycles. The van der Waals surface area contributed by atoms with E-state index in [-0.39, 0.29) is 5.54 Å². The maximum atomic E-state index is 6.20. The second kappa shape index (κ2) is 4.22. The number of methoxy groups -OCH3 is 1. The Morgan fingerprint density at radius 3 is 2.77 bits per heavy atom. The Hall–Kier alpha value is -0.380. The Bertz CT molecular complexity index is 268. The maximum Gasteiger partial charge on any atom is 0.0483 e. The average molecular weight is 199 g/mol. The molecule has 0 spiro atoms. The molecule has 1 rings (SSSR count). The maximum absolute atomic E-state index is 6.20. The van der Waals surface area contributed by atoms with Crippen LogP contribution in [0.2, 0.25) is 0 Å². The van der Waals surface area contributed by atoms with Crippen molar-refractivity contribution in [2.45, 2.75) is 25.8 Å². The van der Waals surface area contributed by atoms with Gasteiger partial charge in [0.05, 0.1) is 0 Å². The number of hydrogen-bond donors (Lipinski definition) is 1. The summed E-state index contributed by atoms with van der Waals surface area (Å²) in [6, 6.07) is 2.11. The molecule has 13 heavy (non-hydrogen) atoms. The van der Waals surface area contributed by atoms with Gasteiger partial charge in [-0.15, -0.1) is 11.3 Å². The van der Waals surface area contributed by atoms with E-state index in [1.807, 2.05) is 0 Å². The molecule has 3 heteroatoms. The van der Waals surface area contributed by atoms with Gasteiger partial charge in [0.15, 0.2) is 0 Å². The number of ether oxygens (including phenoxy) is 1. The molecule has 0 aliphatic heterocycles. The van der Waals surface area contributed by atoms with Crippen molar-refractivity contribution in [2.24, 2.45) is 5.73 Å². The summed E-state index contributed by atoms with van der Waals surface area (Å²) in [7, 11) is 1.70. The predicted molar refractivity (Wildman–Crippen MR) is 57.1 cm³/mol. The van der Waals surface area contributed by atoms with Crippen molar-refractivity contribution < 1.29 is 4.74 Å². The van der Waals surface area contributed by atoms with E-state index in [1.54, 1.807) is 18.4 Å². The molecule has 1 aromatic heterocycles. The SMILES string of the molecule is COCCC(C)(N)c1ccsc1C. The highest BCUT2D eigenvalue weighted by Gasteiger charge is 2.23. The van der Waals surface area contributed by atoms with E-state index < -0.39 is 0 Å². The summed E-state index contributed by atoms with van der Waals surface area (Å²) in [4.78, 5) is 1.31. The summed E-state index contributed by atoms with van der Waals surface area (Å²) < 4.78 is 5.04. The third-order valence-corrected chi connectivity index (χ3v) is 3.15. The summed E-state index contributed by atoms with van der Waals surface area (Å²) in [5, 5.41) is 2.09. The zero-order valence-corrected chi connectivity index (χ0v) is 9.28. The summed E-state index contributed by atoms with van der Waals surface area (Å²) >= 11 is 1.74. The van der Waals surface area contributed by atoms with E-state index >= 15 is 0 Å². The van der Waals surface area contributed by atoms with Gasteiger partial charge in [-0.2, -0.15) is 0 Å². The standard InChI is InChI=1S/C10H17NOS/c1-8-9(4-7-13-8)10(2,11)5-6-12-3/h4,7H,5-6,11H2,1-3H3. The Balaban J connectivity index is 2.74. The largest absolute Gasteiger partial charge is 0.385 e. The van der Waals surface area contributed by atoms with Crippen molar-refractivity contribution in [2.75, 3.05) is 13.7 Å². The average Bonchev–Trinajstić information content (AvgIpc) is 2.48. The van der Waals surface area contributed by atoms with E-state index in [0.29, 0.717) is 6.61 Å². The van der Waals surface area contributed by atoms with Gasteiger partial charge < -0.3 is 10.5 Å². The molecule has 0 bridgehead atoms. The third kappa shape index (κ3) is 2.53. The van der Waals surface area contributed by atoms with Crippen LogP contribution in [0.4, 0.5) is 0 Å². The molecule has 0 aliphatic rings. The van der Waals surface area contributed by atoms with Crippen LogP contribution >= 0.6 is 11.3 Å². The molecule has 74 valence electrons. The molecule has 0 radical (unpaired) electrons. The lowest BCUT2D eigenvalue weighted by molar-refractivity contribution is 0.172. The lowest BCUT2D eigenvalue weighted by Crippen LogP contribution is -2.34. The summed E-state index contributed by atoms with van der Waals surface area (Å²) in [6.45, 7) is 4.88. The Morgan fingerprint density at radius 2 is 2.31 bits per heavy atom. The first-order chi connectivity index (χ1) is 6.08. The van der Waals surface area contributed by atoms with Crippen molar-refractivity contribution in [3.05, 3.63) is 21.9 Å². The van der Waals surface area contributed by atoms with E-state index in [9.17, 15) is 0 Å². The van der Waals surface area contributed by atoms with Crippen molar-refractivity contribution >= 4 is 11.3 Å². The van der Waals surface area contributed by atoms with Crippen LogP contribution in [0.5, 0.6) is 0 Å². The van der Waals surface area contributed by atoms with Gasteiger partial charge in [0.2, 0.25) is 0 Å². The van der Waals surface area contributed by atoms with E-state index in [0.717, 1.165) is 6.42 Å². The van der Waals surface area contributed by atoms with Gasteiger partial charge in [-0.3, -0.25) is 0 Å². The number of hydrogen-bond acceptors (Lipinski definition) is 3. The molecule has 0 aliphatic carbocycles. The van der Waals surface area contributed by atoms with Crippen LogP contribution in [-0.4, -0.2) is 13.7 Å². The van der Waals surface area contributed by atoms with E-state index in [2.05, 4.69) is 25.3 Å². The molecule has 1 unspecified atom stereocenters. The van der Waals surface area contributed by atoms with Gasteiger partial charge >= 0.3 is 0 Å². The first-order valence-electron chi connectivity index (χ1n) is 4.40. The molecule has 2 nitrogen and oxygen atoms in total. The minimum atomic E-state index is -0.250. The minimum absolute atomic E-state index is 0.250. The Morgan fingerprint density at radius 1 is 1.62 bits per heavy atom. The summed E-state index contributed by atoms with van der Waals surface area (Å²) in [5.41, 5.74) is 7.19. The van der Waals surface area contributed by atoms with E-state index in [4.69, 9.17) is 10.5 Å². The zero-order chi connectivity index (χ0) is 9.90. The number of rotatable bonds is 4. The first kappa shape index (κ1) is 10.7. The van der Waals surface area contributed by atoms with Crippen LogP contribution in [-0.2, 0) is 10.3 Å². The smallest absolute Gasteiger partial charge is 0.0483 e. The van der Waals surface area contributed by atoms with Gasteiger partial charge in [0.25, 0.3) is 0 Å². The molecule has 2 N–H and O–H groups in total. The normalized spacial score (nSPS) is 15.7. The van der Waals surface area contributed by atoms with Crippen LogP contribution in [0.25, 0.3) is 0 Å². The Kier molecular flexibility index (Phi) is 3.47. The quantitative estimate of drug-likeness (QED) is 0.807. The highest BCUT2D eigenvalue weighted by Crippen LogP contribution is 2.28. The van der Waals surface area contributed by atoms with Gasteiger partial charge in [-0.25, -0.2) is 0 Å². The topological polar surface area (TPSA) is 35.2 Å². The molecular weight excluding hydrogens is 182 g/mol. The van der Waals surface area contributed by atoms with Gasteiger partial charge in [-0.05, 0) is 37.3 Å². The van der Waals surface area contributed by atoms with E-state index in [1.165, 1.54) is 10.4 Å². The first-order valence-corrected chi connectivity index (χ1v) is 5.28. The fourth-order valence-electron chi connectivity index (χ4n) is 1.43. The molecule has 1 heterocycles. The molecule has 1 aromatic rings. The monoisotopic (exact) mass is 199 g/mol. The molecule has 0 amide bonds. The molecule has 1 atom stereocenters. The van der Waals surface area contributed by atoms with Gasteiger partial charge in [0.1, 0.15) is 0 Å². The fraction of sp³-hybridized carbons (Fsp3) is 0.600. The lowest BCUT2D eigenvalue weighted by atomic mass is 9.91. The highest BCUT2D eigenvalue weighted by molar-refractivity contribution is 7.10. The van der Waals surface area contributed by atoms with Gasteiger partial charge in [-0.1, -0.05) is 0 Å². The minimum Gasteiger partial charge on any atom is -0.385 e. The fourth-order valence-corrected chi connectivity index (χ4v) is 2.26.